The van der Waals surface area contributed by atoms with Crippen molar-refractivity contribution >= 4 is 0 Å². The molecule has 1 fully saturated rings. The molecule has 0 spiro atoms. The maximum absolute atomic E-state index is 5.69. The van der Waals surface area contributed by atoms with E-state index in [1.165, 1.54) is 55.2 Å². The van der Waals surface area contributed by atoms with E-state index in [0.29, 0.717) is 6.04 Å². The van der Waals surface area contributed by atoms with Crippen LogP contribution in [0.25, 0.3) is 0 Å². The van der Waals surface area contributed by atoms with E-state index in [2.05, 4.69) is 38.2 Å². The lowest BCUT2D eigenvalue weighted by Crippen LogP contribution is -2.25. The third-order valence-corrected chi connectivity index (χ3v) is 4.75. The Hall–Kier alpha value is -1.02. The first kappa shape index (κ1) is 16.4. The van der Waals surface area contributed by atoms with Gasteiger partial charge in [0.25, 0.3) is 0 Å². The average molecular weight is 289 g/mol. The molecule has 0 aromatic heterocycles. The number of hydrogen-bond donors (Lipinski definition) is 1. The van der Waals surface area contributed by atoms with Gasteiger partial charge in [0.05, 0.1) is 7.11 Å². The Morgan fingerprint density at radius 2 is 1.95 bits per heavy atom. The lowest BCUT2D eigenvalue weighted by Gasteiger charge is -2.26. The fraction of sp³-hybridized carbons (Fsp3) is 0.684. The predicted octanol–water partition coefficient (Wildman–Crippen LogP) is 4.93. The second-order valence-electron chi connectivity index (χ2n) is 6.59. The monoisotopic (exact) mass is 289 g/mol. The average Bonchev–Trinajstić information content (AvgIpc) is 2.96. The van der Waals surface area contributed by atoms with Crippen molar-refractivity contribution in [1.29, 1.82) is 0 Å². The molecular formula is C19H31NO. The summed E-state index contributed by atoms with van der Waals surface area (Å²) in [6.45, 7) is 7.68. The number of rotatable bonds is 7. The number of ether oxygens (including phenoxy) is 1. The van der Waals surface area contributed by atoms with Crippen LogP contribution in [0.1, 0.15) is 68.2 Å². The molecule has 2 rings (SSSR count). The molecule has 1 aromatic rings. The van der Waals surface area contributed by atoms with Gasteiger partial charge in [-0.25, -0.2) is 0 Å². The van der Waals surface area contributed by atoms with Gasteiger partial charge in [-0.3, -0.25) is 0 Å². The lowest BCUT2D eigenvalue weighted by atomic mass is 9.89. The molecule has 0 radical (unpaired) electrons. The van der Waals surface area contributed by atoms with Crippen molar-refractivity contribution in [2.24, 2.45) is 5.92 Å². The number of aryl methyl sites for hydroxylation is 2. The van der Waals surface area contributed by atoms with Crippen molar-refractivity contribution in [2.45, 2.75) is 65.3 Å². The molecule has 1 N–H and O–H groups in total. The Kier molecular flexibility index (Phi) is 6.10. The van der Waals surface area contributed by atoms with Crippen molar-refractivity contribution in [2.75, 3.05) is 13.7 Å². The minimum Gasteiger partial charge on any atom is -0.496 e. The summed E-state index contributed by atoms with van der Waals surface area (Å²) in [6, 6.07) is 4.90. The van der Waals surface area contributed by atoms with E-state index in [1.54, 1.807) is 7.11 Å². The van der Waals surface area contributed by atoms with Crippen LogP contribution in [0.15, 0.2) is 12.1 Å². The molecule has 0 aliphatic heterocycles. The highest BCUT2D eigenvalue weighted by atomic mass is 16.5. The van der Waals surface area contributed by atoms with Crippen molar-refractivity contribution in [3.63, 3.8) is 0 Å². The Morgan fingerprint density at radius 1 is 1.24 bits per heavy atom. The van der Waals surface area contributed by atoms with Gasteiger partial charge in [-0.1, -0.05) is 38.7 Å². The van der Waals surface area contributed by atoms with E-state index in [4.69, 9.17) is 4.74 Å². The third-order valence-electron chi connectivity index (χ3n) is 4.75. The summed E-state index contributed by atoms with van der Waals surface area (Å²) in [6.07, 6.45) is 8.05. The first-order chi connectivity index (χ1) is 10.2. The van der Waals surface area contributed by atoms with Crippen molar-refractivity contribution in [3.8, 4) is 5.75 Å². The number of methoxy groups -OCH3 is 1. The molecule has 0 saturated heterocycles. The summed E-state index contributed by atoms with van der Waals surface area (Å²) in [5.74, 6) is 1.93. The van der Waals surface area contributed by atoms with Gasteiger partial charge in [0.2, 0.25) is 0 Å². The van der Waals surface area contributed by atoms with E-state index in [9.17, 15) is 0 Å². The van der Waals surface area contributed by atoms with Gasteiger partial charge in [-0.2, -0.15) is 0 Å². The fourth-order valence-corrected chi connectivity index (χ4v) is 3.76. The van der Waals surface area contributed by atoms with E-state index in [-0.39, 0.29) is 0 Å². The number of nitrogens with one attached hydrogen (secondary N) is 1. The Bertz CT molecular complexity index is 449. The molecule has 1 unspecified atom stereocenters. The largest absolute Gasteiger partial charge is 0.496 e. The predicted molar refractivity (Wildman–Crippen MR) is 90.1 cm³/mol. The summed E-state index contributed by atoms with van der Waals surface area (Å²) in [4.78, 5) is 0. The zero-order chi connectivity index (χ0) is 15.2. The molecule has 1 aromatic carbocycles. The summed E-state index contributed by atoms with van der Waals surface area (Å²) in [5, 5.41) is 3.77. The first-order valence-corrected chi connectivity index (χ1v) is 8.54. The zero-order valence-corrected chi connectivity index (χ0v) is 14.2. The van der Waals surface area contributed by atoms with Gasteiger partial charge >= 0.3 is 0 Å². The molecule has 0 heterocycles. The summed E-state index contributed by atoms with van der Waals surface area (Å²) in [5.41, 5.74) is 4.02. The molecule has 1 atom stereocenters. The van der Waals surface area contributed by atoms with Gasteiger partial charge in [-0.15, -0.1) is 0 Å². The SMILES string of the molecule is CCCNC(CC1CCCC1)c1c(C)cc(C)cc1OC. The maximum Gasteiger partial charge on any atom is 0.124 e. The fourth-order valence-electron chi connectivity index (χ4n) is 3.76. The van der Waals surface area contributed by atoms with Gasteiger partial charge in [0.15, 0.2) is 0 Å². The van der Waals surface area contributed by atoms with Crippen molar-refractivity contribution in [3.05, 3.63) is 28.8 Å². The zero-order valence-electron chi connectivity index (χ0n) is 14.2. The number of benzene rings is 1. The molecule has 118 valence electrons. The van der Waals surface area contributed by atoms with Crippen LogP contribution in [-0.4, -0.2) is 13.7 Å². The van der Waals surface area contributed by atoms with Crippen LogP contribution in [-0.2, 0) is 0 Å². The van der Waals surface area contributed by atoms with Gasteiger partial charge in [0, 0.05) is 11.6 Å². The molecule has 0 bridgehead atoms. The molecular weight excluding hydrogens is 258 g/mol. The second kappa shape index (κ2) is 7.84. The summed E-state index contributed by atoms with van der Waals surface area (Å²) in [7, 11) is 1.80. The van der Waals surface area contributed by atoms with Crippen LogP contribution in [0.4, 0.5) is 0 Å². The molecule has 21 heavy (non-hydrogen) atoms. The van der Waals surface area contributed by atoms with Gasteiger partial charge in [0.1, 0.15) is 5.75 Å². The topological polar surface area (TPSA) is 21.3 Å². The van der Waals surface area contributed by atoms with Crippen LogP contribution < -0.4 is 10.1 Å². The highest BCUT2D eigenvalue weighted by Gasteiger charge is 2.24. The molecule has 2 heteroatoms. The maximum atomic E-state index is 5.69. The van der Waals surface area contributed by atoms with E-state index in [1.807, 2.05) is 0 Å². The van der Waals surface area contributed by atoms with Gasteiger partial charge in [-0.05, 0) is 56.3 Å². The van der Waals surface area contributed by atoms with Crippen LogP contribution in [0.3, 0.4) is 0 Å². The molecule has 1 aliphatic rings. The van der Waals surface area contributed by atoms with Gasteiger partial charge < -0.3 is 10.1 Å². The normalized spacial score (nSPS) is 17.1. The highest BCUT2D eigenvalue weighted by molar-refractivity contribution is 5.45. The summed E-state index contributed by atoms with van der Waals surface area (Å²) < 4.78 is 5.69. The van der Waals surface area contributed by atoms with Crippen LogP contribution >= 0.6 is 0 Å². The molecule has 1 saturated carbocycles. The van der Waals surface area contributed by atoms with Crippen LogP contribution in [0, 0.1) is 19.8 Å². The Morgan fingerprint density at radius 3 is 2.57 bits per heavy atom. The van der Waals surface area contributed by atoms with Crippen LogP contribution in [0.5, 0.6) is 5.75 Å². The van der Waals surface area contributed by atoms with Crippen LogP contribution in [0.2, 0.25) is 0 Å². The molecule has 0 amide bonds. The molecule has 2 nitrogen and oxygen atoms in total. The third kappa shape index (κ3) is 4.23. The smallest absolute Gasteiger partial charge is 0.124 e. The number of hydrogen-bond acceptors (Lipinski definition) is 2. The van der Waals surface area contributed by atoms with Crippen molar-refractivity contribution < 1.29 is 4.74 Å². The van der Waals surface area contributed by atoms with E-state index < -0.39 is 0 Å². The quantitative estimate of drug-likeness (QED) is 0.768. The minimum atomic E-state index is 0.434. The Labute approximate surface area is 130 Å². The molecule has 1 aliphatic carbocycles. The standard InChI is InChI=1S/C19H31NO/c1-5-10-20-17(13-16-8-6-7-9-16)19-15(3)11-14(2)12-18(19)21-4/h11-12,16-17,20H,5-10,13H2,1-4H3. The van der Waals surface area contributed by atoms with E-state index >= 15 is 0 Å². The van der Waals surface area contributed by atoms with E-state index in [0.717, 1.165) is 18.2 Å². The Balaban J connectivity index is 2.25. The first-order valence-electron chi connectivity index (χ1n) is 8.54. The minimum absolute atomic E-state index is 0.434. The highest BCUT2D eigenvalue weighted by Crippen LogP contribution is 2.37. The lowest BCUT2D eigenvalue weighted by molar-refractivity contribution is 0.366. The second-order valence-corrected chi connectivity index (χ2v) is 6.59. The van der Waals surface area contributed by atoms with Crippen molar-refractivity contribution in [1.82, 2.24) is 5.32 Å². The summed E-state index contributed by atoms with van der Waals surface area (Å²) >= 11 is 0.